The van der Waals surface area contributed by atoms with Crippen molar-refractivity contribution in [2.24, 2.45) is 0 Å². The van der Waals surface area contributed by atoms with E-state index in [9.17, 15) is 8.42 Å². The van der Waals surface area contributed by atoms with Gasteiger partial charge in [-0.05, 0) is 45.7 Å². The molecule has 0 radical (unpaired) electrons. The Morgan fingerprint density at radius 3 is 2.52 bits per heavy atom. The van der Waals surface area contributed by atoms with Gasteiger partial charge in [0.05, 0.1) is 4.90 Å². The highest BCUT2D eigenvalue weighted by Gasteiger charge is 2.30. The van der Waals surface area contributed by atoms with E-state index in [4.69, 9.17) is 0 Å². The van der Waals surface area contributed by atoms with Crippen molar-refractivity contribution >= 4 is 10.0 Å². The second kappa shape index (κ2) is 6.10. The van der Waals surface area contributed by atoms with E-state index in [0.29, 0.717) is 17.5 Å². The zero-order valence-electron chi connectivity index (χ0n) is 13.4. The van der Waals surface area contributed by atoms with Crippen LogP contribution < -0.4 is 10.0 Å². The van der Waals surface area contributed by atoms with Gasteiger partial charge in [0.1, 0.15) is 0 Å². The van der Waals surface area contributed by atoms with Gasteiger partial charge in [-0.15, -0.1) is 0 Å². The molecule has 1 aromatic rings. The Morgan fingerprint density at radius 1 is 1.33 bits per heavy atom. The molecule has 1 fully saturated rings. The van der Waals surface area contributed by atoms with Gasteiger partial charge >= 0.3 is 0 Å². The van der Waals surface area contributed by atoms with Crippen molar-refractivity contribution in [3.8, 4) is 0 Å². The Morgan fingerprint density at radius 2 is 2.00 bits per heavy atom. The lowest BCUT2D eigenvalue weighted by molar-refractivity contribution is 0.439. The fraction of sp³-hybridized carbons (Fsp3) is 0.733. The van der Waals surface area contributed by atoms with Crippen LogP contribution in [-0.2, 0) is 16.6 Å². The molecule has 6 heteroatoms. The average molecular weight is 313 g/mol. The van der Waals surface area contributed by atoms with Gasteiger partial charge in [-0.1, -0.05) is 13.8 Å². The summed E-state index contributed by atoms with van der Waals surface area (Å²) in [6, 6.07) is 2.27. The third-order valence-corrected chi connectivity index (χ3v) is 5.67. The van der Waals surface area contributed by atoms with E-state index in [2.05, 4.69) is 14.6 Å². The van der Waals surface area contributed by atoms with Crippen LogP contribution in [0, 0.1) is 0 Å². The molecule has 2 N–H and O–H groups in total. The Hall–Kier alpha value is -0.850. The second-order valence-corrected chi connectivity index (χ2v) is 8.11. The van der Waals surface area contributed by atoms with Crippen LogP contribution in [0.5, 0.6) is 0 Å². The lowest BCUT2D eigenvalue weighted by Crippen LogP contribution is -2.42. The van der Waals surface area contributed by atoms with Gasteiger partial charge in [0, 0.05) is 30.0 Å². The summed E-state index contributed by atoms with van der Waals surface area (Å²) in [7, 11) is -3.46. The molecule has 0 spiro atoms. The number of nitrogens with one attached hydrogen (secondary N) is 2. The van der Waals surface area contributed by atoms with Crippen molar-refractivity contribution < 1.29 is 8.42 Å². The first-order valence-electron chi connectivity index (χ1n) is 7.74. The van der Waals surface area contributed by atoms with Crippen molar-refractivity contribution in [3.63, 3.8) is 0 Å². The summed E-state index contributed by atoms with van der Waals surface area (Å²) in [5.41, 5.74) is 0.622. The minimum absolute atomic E-state index is 0.379. The number of aromatic nitrogens is 1. The van der Waals surface area contributed by atoms with Gasteiger partial charge in [0.2, 0.25) is 10.0 Å². The highest BCUT2D eigenvalue weighted by molar-refractivity contribution is 7.89. The average Bonchev–Trinajstić information content (AvgIpc) is 3.15. The van der Waals surface area contributed by atoms with Crippen molar-refractivity contribution in [2.45, 2.75) is 70.0 Å². The molecule has 1 saturated carbocycles. The smallest absolute Gasteiger partial charge is 0.242 e. The van der Waals surface area contributed by atoms with Crippen LogP contribution in [0.2, 0.25) is 0 Å². The minimum atomic E-state index is -3.46. The van der Waals surface area contributed by atoms with E-state index >= 15 is 0 Å². The predicted molar refractivity (Wildman–Crippen MR) is 84.8 cm³/mol. The lowest BCUT2D eigenvalue weighted by atomic mass is 10.0. The standard InChI is InChI=1S/C15H27N3O2S/c1-5-15(3,4)17-21(19,20)14-9-13(10-16-6-2)18(11-14)12-7-8-12/h9,11-12,16-17H,5-8,10H2,1-4H3. The third-order valence-electron chi connectivity index (χ3n) is 4.01. The van der Waals surface area contributed by atoms with Crippen LogP contribution in [0.3, 0.4) is 0 Å². The molecule has 0 bridgehead atoms. The van der Waals surface area contributed by atoms with Crippen LogP contribution >= 0.6 is 0 Å². The Balaban J connectivity index is 2.26. The molecule has 1 heterocycles. The number of sulfonamides is 1. The van der Waals surface area contributed by atoms with E-state index in [1.165, 1.54) is 0 Å². The number of hydrogen-bond acceptors (Lipinski definition) is 3. The summed E-state index contributed by atoms with van der Waals surface area (Å²) < 4.78 is 30.0. The lowest BCUT2D eigenvalue weighted by Gasteiger charge is -2.23. The molecular weight excluding hydrogens is 286 g/mol. The molecule has 0 aliphatic heterocycles. The zero-order chi connectivity index (χ0) is 15.7. The summed E-state index contributed by atoms with van der Waals surface area (Å²) in [4.78, 5) is 0.379. The van der Waals surface area contributed by atoms with Crippen molar-refractivity contribution in [2.75, 3.05) is 6.54 Å². The van der Waals surface area contributed by atoms with Crippen LogP contribution in [-0.4, -0.2) is 25.1 Å². The highest BCUT2D eigenvalue weighted by Crippen LogP contribution is 2.37. The third kappa shape index (κ3) is 4.08. The van der Waals surface area contributed by atoms with Gasteiger partial charge in [-0.2, -0.15) is 0 Å². The van der Waals surface area contributed by atoms with E-state index in [1.54, 1.807) is 12.3 Å². The molecule has 1 aliphatic carbocycles. The minimum Gasteiger partial charge on any atom is -0.346 e. The van der Waals surface area contributed by atoms with E-state index in [0.717, 1.165) is 31.5 Å². The summed E-state index contributed by atoms with van der Waals surface area (Å²) in [5.74, 6) is 0. The molecule has 120 valence electrons. The van der Waals surface area contributed by atoms with Gasteiger partial charge in [0.25, 0.3) is 0 Å². The van der Waals surface area contributed by atoms with Crippen LogP contribution in [0.4, 0.5) is 0 Å². The fourth-order valence-corrected chi connectivity index (χ4v) is 3.76. The first-order chi connectivity index (χ1) is 9.79. The van der Waals surface area contributed by atoms with Crippen LogP contribution in [0.25, 0.3) is 0 Å². The summed E-state index contributed by atoms with van der Waals surface area (Å²) in [6.07, 6.45) is 4.82. The van der Waals surface area contributed by atoms with E-state index in [1.807, 2.05) is 27.7 Å². The summed E-state index contributed by atoms with van der Waals surface area (Å²) in [6.45, 7) is 9.42. The Bertz CT molecular complexity index is 586. The van der Waals surface area contributed by atoms with E-state index < -0.39 is 15.6 Å². The topological polar surface area (TPSA) is 63.1 Å². The van der Waals surface area contributed by atoms with Crippen molar-refractivity contribution in [1.82, 2.24) is 14.6 Å². The zero-order valence-corrected chi connectivity index (χ0v) is 14.3. The molecule has 5 nitrogen and oxygen atoms in total. The first-order valence-corrected chi connectivity index (χ1v) is 9.23. The molecule has 0 aromatic carbocycles. The summed E-state index contributed by atoms with van der Waals surface area (Å²) in [5, 5.41) is 3.28. The number of rotatable bonds is 8. The molecule has 2 rings (SSSR count). The van der Waals surface area contributed by atoms with Crippen LogP contribution in [0.15, 0.2) is 17.2 Å². The van der Waals surface area contributed by atoms with Crippen LogP contribution in [0.1, 0.15) is 58.7 Å². The van der Waals surface area contributed by atoms with Crippen molar-refractivity contribution in [1.29, 1.82) is 0 Å². The number of hydrogen-bond donors (Lipinski definition) is 2. The molecule has 0 atom stereocenters. The first kappa shape index (κ1) is 16.5. The van der Waals surface area contributed by atoms with Gasteiger partial charge in [-0.3, -0.25) is 0 Å². The maximum Gasteiger partial charge on any atom is 0.242 e. The van der Waals surface area contributed by atoms with Crippen molar-refractivity contribution in [3.05, 3.63) is 18.0 Å². The highest BCUT2D eigenvalue weighted by atomic mass is 32.2. The Kier molecular flexibility index (Phi) is 4.80. The molecule has 1 aromatic heterocycles. The molecule has 0 unspecified atom stereocenters. The Labute approximate surface area is 128 Å². The quantitative estimate of drug-likeness (QED) is 0.774. The van der Waals surface area contributed by atoms with Gasteiger partial charge in [-0.25, -0.2) is 13.1 Å². The maximum absolute atomic E-state index is 12.5. The monoisotopic (exact) mass is 313 g/mol. The molecule has 0 saturated heterocycles. The molecular formula is C15H27N3O2S. The maximum atomic E-state index is 12.5. The van der Waals surface area contributed by atoms with E-state index in [-0.39, 0.29) is 0 Å². The molecule has 0 amide bonds. The molecule has 1 aliphatic rings. The van der Waals surface area contributed by atoms with Gasteiger partial charge in [0.15, 0.2) is 0 Å². The second-order valence-electron chi connectivity index (χ2n) is 6.43. The predicted octanol–water partition coefficient (Wildman–Crippen LogP) is 2.40. The fourth-order valence-electron chi connectivity index (χ4n) is 2.23. The molecule has 21 heavy (non-hydrogen) atoms. The normalized spacial score (nSPS) is 16.4. The SMILES string of the molecule is CCNCc1cc(S(=O)(=O)NC(C)(C)CC)cn1C1CC1. The number of nitrogens with zero attached hydrogens (tertiary/aromatic N) is 1. The van der Waals surface area contributed by atoms with Gasteiger partial charge < -0.3 is 9.88 Å². The largest absolute Gasteiger partial charge is 0.346 e. The summed E-state index contributed by atoms with van der Waals surface area (Å²) >= 11 is 0.